The minimum atomic E-state index is -3.62. The zero-order valence-electron chi connectivity index (χ0n) is 16.5. The highest BCUT2D eigenvalue weighted by Crippen LogP contribution is 2.26. The predicted octanol–water partition coefficient (Wildman–Crippen LogP) is 3.53. The number of aromatic nitrogens is 2. The van der Waals surface area contributed by atoms with Crippen LogP contribution in [0.1, 0.15) is 18.7 Å². The van der Waals surface area contributed by atoms with Gasteiger partial charge in [0, 0.05) is 23.7 Å². The Bertz CT molecular complexity index is 1140. The Morgan fingerprint density at radius 2 is 1.77 bits per heavy atom. The van der Waals surface area contributed by atoms with Gasteiger partial charge in [0.15, 0.2) is 6.61 Å². The second kappa shape index (κ2) is 9.17. The summed E-state index contributed by atoms with van der Waals surface area (Å²) in [5.41, 5.74) is 0.804. The highest BCUT2D eigenvalue weighted by Gasteiger charge is 2.33. The van der Waals surface area contributed by atoms with E-state index in [9.17, 15) is 13.2 Å². The molecule has 2 heterocycles. The molecule has 0 aliphatic carbocycles. The van der Waals surface area contributed by atoms with Gasteiger partial charge >= 0.3 is 5.97 Å². The van der Waals surface area contributed by atoms with Crippen molar-refractivity contribution in [1.29, 1.82) is 0 Å². The van der Waals surface area contributed by atoms with E-state index in [2.05, 4.69) is 10.1 Å². The average Bonchev–Trinajstić information content (AvgIpc) is 3.27. The van der Waals surface area contributed by atoms with Crippen molar-refractivity contribution >= 4 is 27.6 Å². The smallest absolute Gasteiger partial charge is 0.309 e. The monoisotopic (exact) mass is 461 g/mol. The Labute approximate surface area is 184 Å². The van der Waals surface area contributed by atoms with Gasteiger partial charge in [0.2, 0.25) is 15.8 Å². The van der Waals surface area contributed by atoms with Gasteiger partial charge in [-0.15, -0.1) is 0 Å². The van der Waals surface area contributed by atoms with Crippen LogP contribution in [0, 0.1) is 5.92 Å². The van der Waals surface area contributed by atoms with Crippen molar-refractivity contribution < 1.29 is 22.5 Å². The molecule has 1 aromatic heterocycles. The lowest BCUT2D eigenvalue weighted by Gasteiger charge is -2.30. The third-order valence-corrected chi connectivity index (χ3v) is 7.24. The number of halogens is 1. The number of sulfonamides is 1. The van der Waals surface area contributed by atoms with Crippen LogP contribution in [0.15, 0.2) is 64.0 Å². The van der Waals surface area contributed by atoms with E-state index < -0.39 is 16.0 Å². The predicted molar refractivity (Wildman–Crippen MR) is 112 cm³/mol. The minimum Gasteiger partial charge on any atom is -0.455 e. The average molecular weight is 462 g/mol. The molecule has 0 atom stereocenters. The summed E-state index contributed by atoms with van der Waals surface area (Å²) in [5.74, 6) is -0.154. The van der Waals surface area contributed by atoms with Crippen molar-refractivity contribution in [3.63, 3.8) is 0 Å². The van der Waals surface area contributed by atoms with Crippen molar-refractivity contribution in [2.45, 2.75) is 24.3 Å². The van der Waals surface area contributed by atoms with E-state index in [0.29, 0.717) is 23.7 Å². The zero-order chi connectivity index (χ0) is 21.8. The number of hydrogen-bond acceptors (Lipinski definition) is 7. The molecule has 0 spiro atoms. The summed E-state index contributed by atoms with van der Waals surface area (Å²) in [6, 6.07) is 15.4. The van der Waals surface area contributed by atoms with Crippen molar-refractivity contribution in [3.8, 4) is 11.4 Å². The second-order valence-corrected chi connectivity index (χ2v) is 9.49. The SMILES string of the molecule is O=C(OCc1nc(-c2ccccc2)no1)C1CCN(S(=O)(=O)c2ccc(Cl)cc2)CC1. The van der Waals surface area contributed by atoms with Gasteiger partial charge in [-0.3, -0.25) is 4.79 Å². The highest BCUT2D eigenvalue weighted by atomic mass is 35.5. The number of ether oxygens (including phenoxy) is 1. The number of carbonyl (C=O) groups excluding carboxylic acids is 1. The first-order chi connectivity index (χ1) is 14.9. The molecule has 0 amide bonds. The second-order valence-electron chi connectivity index (χ2n) is 7.12. The van der Waals surface area contributed by atoms with Crippen molar-refractivity contribution in [2.24, 2.45) is 5.92 Å². The van der Waals surface area contributed by atoms with Gasteiger partial charge in [-0.25, -0.2) is 8.42 Å². The van der Waals surface area contributed by atoms with Gasteiger partial charge < -0.3 is 9.26 Å². The first-order valence-electron chi connectivity index (χ1n) is 9.74. The molecule has 162 valence electrons. The lowest BCUT2D eigenvalue weighted by molar-refractivity contribution is -0.152. The lowest BCUT2D eigenvalue weighted by Crippen LogP contribution is -2.40. The Hall–Kier alpha value is -2.75. The van der Waals surface area contributed by atoms with E-state index in [1.54, 1.807) is 12.1 Å². The first kappa shape index (κ1) is 21.5. The molecule has 0 unspecified atom stereocenters. The van der Waals surface area contributed by atoms with Crippen LogP contribution in [-0.4, -0.2) is 41.9 Å². The first-order valence-corrected chi connectivity index (χ1v) is 11.6. The molecule has 31 heavy (non-hydrogen) atoms. The molecule has 8 nitrogen and oxygen atoms in total. The third-order valence-electron chi connectivity index (χ3n) is 5.08. The van der Waals surface area contributed by atoms with Crippen LogP contribution in [0.3, 0.4) is 0 Å². The van der Waals surface area contributed by atoms with Gasteiger partial charge in [0.1, 0.15) is 0 Å². The maximum Gasteiger partial charge on any atom is 0.309 e. The van der Waals surface area contributed by atoms with E-state index in [4.69, 9.17) is 20.9 Å². The summed E-state index contributed by atoms with van der Waals surface area (Å²) in [6.07, 6.45) is 0.759. The fourth-order valence-electron chi connectivity index (χ4n) is 3.36. The highest BCUT2D eigenvalue weighted by molar-refractivity contribution is 7.89. The fourth-order valence-corrected chi connectivity index (χ4v) is 4.95. The van der Waals surface area contributed by atoms with Crippen LogP contribution in [-0.2, 0) is 26.2 Å². The number of nitrogens with zero attached hydrogens (tertiary/aromatic N) is 3. The number of hydrogen-bond donors (Lipinski definition) is 0. The molecule has 1 saturated heterocycles. The molecule has 3 aromatic rings. The van der Waals surface area contributed by atoms with E-state index in [-0.39, 0.29) is 36.4 Å². The number of rotatable bonds is 6. The maximum atomic E-state index is 12.7. The molecule has 2 aromatic carbocycles. The largest absolute Gasteiger partial charge is 0.455 e. The molecule has 0 radical (unpaired) electrons. The number of benzene rings is 2. The molecule has 0 bridgehead atoms. The molecule has 4 rings (SSSR count). The maximum absolute atomic E-state index is 12.7. The van der Waals surface area contributed by atoms with Crippen LogP contribution >= 0.6 is 11.6 Å². The van der Waals surface area contributed by atoms with Crippen LogP contribution in [0.5, 0.6) is 0 Å². The summed E-state index contributed by atoms with van der Waals surface area (Å²) in [4.78, 5) is 16.8. The lowest BCUT2D eigenvalue weighted by atomic mass is 9.98. The summed E-state index contributed by atoms with van der Waals surface area (Å²) in [6.45, 7) is 0.356. The van der Waals surface area contributed by atoms with Crippen LogP contribution in [0.25, 0.3) is 11.4 Å². The number of carbonyl (C=O) groups is 1. The van der Waals surface area contributed by atoms with Crippen molar-refractivity contribution in [1.82, 2.24) is 14.4 Å². The van der Waals surface area contributed by atoms with Crippen LogP contribution in [0.2, 0.25) is 5.02 Å². The van der Waals surface area contributed by atoms with Crippen LogP contribution < -0.4 is 0 Å². The standard InChI is InChI=1S/C21H20ClN3O5S/c22-17-6-8-18(9-7-17)31(27,28)25-12-10-16(11-13-25)21(26)29-14-19-23-20(24-30-19)15-4-2-1-3-5-15/h1-9,16H,10-14H2. The quantitative estimate of drug-likeness (QED) is 0.517. The Kier molecular flexibility index (Phi) is 6.35. The molecule has 0 saturated carbocycles. The Morgan fingerprint density at radius 1 is 1.10 bits per heavy atom. The summed E-state index contributed by atoms with van der Waals surface area (Å²) >= 11 is 5.83. The number of piperidine rings is 1. The van der Waals surface area contributed by atoms with E-state index >= 15 is 0 Å². The molecule has 10 heteroatoms. The third kappa shape index (κ3) is 4.95. The topological polar surface area (TPSA) is 103 Å². The van der Waals surface area contributed by atoms with Gasteiger partial charge in [-0.1, -0.05) is 47.1 Å². The summed E-state index contributed by atoms with van der Waals surface area (Å²) in [7, 11) is -3.62. The molecule has 1 aliphatic heterocycles. The molecule has 1 fully saturated rings. The van der Waals surface area contributed by atoms with Crippen molar-refractivity contribution in [2.75, 3.05) is 13.1 Å². The molecular weight excluding hydrogens is 442 g/mol. The fraction of sp³-hybridized carbons (Fsp3) is 0.286. The molecule has 1 aliphatic rings. The molecule has 0 N–H and O–H groups in total. The van der Waals surface area contributed by atoms with Gasteiger partial charge in [0.25, 0.3) is 5.89 Å². The van der Waals surface area contributed by atoms with E-state index in [1.807, 2.05) is 30.3 Å². The Balaban J connectivity index is 1.30. The van der Waals surface area contributed by atoms with Crippen LogP contribution in [0.4, 0.5) is 0 Å². The van der Waals surface area contributed by atoms with E-state index in [1.165, 1.54) is 16.4 Å². The number of esters is 1. The molecular formula is C21H20ClN3O5S. The van der Waals surface area contributed by atoms with E-state index in [0.717, 1.165) is 5.56 Å². The van der Waals surface area contributed by atoms with Crippen molar-refractivity contribution in [3.05, 3.63) is 65.5 Å². The summed E-state index contributed by atoms with van der Waals surface area (Å²) < 4.78 is 37.3. The zero-order valence-corrected chi connectivity index (χ0v) is 18.1. The minimum absolute atomic E-state index is 0.123. The van der Waals surface area contributed by atoms with Gasteiger partial charge in [-0.2, -0.15) is 9.29 Å². The summed E-state index contributed by atoms with van der Waals surface area (Å²) in [5, 5.41) is 4.36. The Morgan fingerprint density at radius 3 is 2.45 bits per heavy atom. The van der Waals surface area contributed by atoms with Gasteiger partial charge in [0.05, 0.1) is 10.8 Å². The normalized spacial score (nSPS) is 15.6. The van der Waals surface area contributed by atoms with Gasteiger partial charge in [-0.05, 0) is 37.1 Å².